The Labute approximate surface area is 102 Å². The van der Waals surface area contributed by atoms with Gasteiger partial charge in [-0.1, -0.05) is 30.9 Å². The SMILES string of the molecule is C=C/C=C(\CC=C)C1C=C(C=O)C/C=C\C=N/1. The van der Waals surface area contributed by atoms with Crippen LogP contribution in [0.2, 0.25) is 0 Å². The molecule has 0 radical (unpaired) electrons. The molecule has 0 aromatic rings. The van der Waals surface area contributed by atoms with E-state index in [1.807, 2.05) is 30.4 Å². The van der Waals surface area contributed by atoms with Gasteiger partial charge in [-0.15, -0.1) is 6.58 Å². The molecule has 0 amide bonds. The molecule has 0 N–H and O–H groups in total. The summed E-state index contributed by atoms with van der Waals surface area (Å²) in [5, 5.41) is 0. The molecular weight excluding hydrogens is 210 g/mol. The van der Waals surface area contributed by atoms with Gasteiger partial charge in [0, 0.05) is 6.21 Å². The number of allylic oxidation sites excluding steroid dienone is 6. The topological polar surface area (TPSA) is 29.4 Å². The molecule has 17 heavy (non-hydrogen) atoms. The molecule has 2 nitrogen and oxygen atoms in total. The van der Waals surface area contributed by atoms with Crippen LogP contribution in [0.5, 0.6) is 0 Å². The first kappa shape index (κ1) is 13.1. The van der Waals surface area contributed by atoms with Crippen molar-refractivity contribution in [3.05, 3.63) is 60.8 Å². The van der Waals surface area contributed by atoms with Gasteiger partial charge in [0.05, 0.1) is 6.04 Å². The lowest BCUT2D eigenvalue weighted by Gasteiger charge is -2.13. The number of nitrogens with zero attached hydrogens (tertiary/aromatic N) is 1. The second-order valence-electron chi connectivity index (χ2n) is 3.70. The highest BCUT2D eigenvalue weighted by molar-refractivity contribution is 5.77. The average Bonchev–Trinajstić information content (AvgIpc) is 2.29. The summed E-state index contributed by atoms with van der Waals surface area (Å²) in [6.07, 6.45) is 15.2. The first-order valence-electron chi connectivity index (χ1n) is 5.58. The summed E-state index contributed by atoms with van der Waals surface area (Å²) < 4.78 is 0. The van der Waals surface area contributed by atoms with Gasteiger partial charge in [0.2, 0.25) is 0 Å². The van der Waals surface area contributed by atoms with Crippen molar-refractivity contribution < 1.29 is 4.79 Å². The molecule has 0 saturated carbocycles. The second kappa shape index (κ2) is 7.34. The van der Waals surface area contributed by atoms with E-state index in [0.29, 0.717) is 6.42 Å². The van der Waals surface area contributed by atoms with Crippen molar-refractivity contribution in [1.29, 1.82) is 0 Å². The van der Waals surface area contributed by atoms with Gasteiger partial charge in [0.25, 0.3) is 0 Å². The lowest BCUT2D eigenvalue weighted by molar-refractivity contribution is -0.105. The maximum atomic E-state index is 10.9. The molecule has 1 rings (SSSR count). The van der Waals surface area contributed by atoms with Crippen LogP contribution >= 0.6 is 0 Å². The van der Waals surface area contributed by atoms with Crippen LogP contribution in [-0.2, 0) is 4.79 Å². The molecule has 0 fully saturated rings. The minimum absolute atomic E-state index is 0.101. The van der Waals surface area contributed by atoms with Crippen molar-refractivity contribution in [1.82, 2.24) is 0 Å². The number of carbonyl (C=O) groups is 1. The van der Waals surface area contributed by atoms with Crippen molar-refractivity contribution in [3.8, 4) is 0 Å². The van der Waals surface area contributed by atoms with Crippen LogP contribution in [0.15, 0.2) is 65.8 Å². The van der Waals surface area contributed by atoms with Crippen molar-refractivity contribution in [2.45, 2.75) is 18.9 Å². The first-order chi connectivity index (χ1) is 8.31. The van der Waals surface area contributed by atoms with Gasteiger partial charge in [-0.3, -0.25) is 9.79 Å². The predicted octanol–water partition coefficient (Wildman–Crippen LogP) is 3.20. The van der Waals surface area contributed by atoms with E-state index in [4.69, 9.17) is 0 Å². The Hall–Kier alpha value is -1.96. The van der Waals surface area contributed by atoms with Crippen molar-refractivity contribution >= 4 is 12.5 Å². The minimum Gasteiger partial charge on any atom is -0.298 e. The standard InChI is InChI=1S/C15H17NO/c1-3-7-14(8-4-2)15-11-13(12-17)9-5-6-10-16-15/h3-7,10-12,15H,1-2,8-9H2/b6-5-,13-11?,14-7+,16-10-. The van der Waals surface area contributed by atoms with Crippen LogP contribution < -0.4 is 0 Å². The van der Waals surface area contributed by atoms with E-state index in [0.717, 1.165) is 23.9 Å². The molecule has 0 bridgehead atoms. The van der Waals surface area contributed by atoms with E-state index in [2.05, 4.69) is 18.2 Å². The third kappa shape index (κ3) is 4.19. The van der Waals surface area contributed by atoms with Gasteiger partial charge in [0.1, 0.15) is 6.29 Å². The number of carbonyl (C=O) groups excluding carboxylic acids is 1. The molecule has 1 aliphatic heterocycles. The van der Waals surface area contributed by atoms with E-state index in [1.54, 1.807) is 12.3 Å². The summed E-state index contributed by atoms with van der Waals surface area (Å²) >= 11 is 0. The number of aliphatic imine (C=N–C) groups is 1. The average molecular weight is 227 g/mol. The minimum atomic E-state index is -0.101. The van der Waals surface area contributed by atoms with Crippen LogP contribution in [0.1, 0.15) is 12.8 Å². The second-order valence-corrected chi connectivity index (χ2v) is 3.70. The Bertz CT molecular complexity index is 411. The third-order valence-electron chi connectivity index (χ3n) is 2.44. The number of rotatable bonds is 5. The molecule has 0 aromatic heterocycles. The Balaban J connectivity index is 3.05. The van der Waals surface area contributed by atoms with Crippen LogP contribution in [0, 0.1) is 0 Å². The Morgan fingerprint density at radius 2 is 2.35 bits per heavy atom. The molecule has 88 valence electrons. The van der Waals surface area contributed by atoms with E-state index < -0.39 is 0 Å². The molecule has 1 aliphatic rings. The fourth-order valence-electron chi connectivity index (χ4n) is 1.62. The smallest absolute Gasteiger partial charge is 0.146 e. The van der Waals surface area contributed by atoms with Gasteiger partial charge < -0.3 is 0 Å². The Kier molecular flexibility index (Phi) is 5.66. The van der Waals surface area contributed by atoms with Crippen molar-refractivity contribution in [2.75, 3.05) is 0 Å². The monoisotopic (exact) mass is 227 g/mol. The van der Waals surface area contributed by atoms with Gasteiger partial charge in [-0.25, -0.2) is 0 Å². The zero-order valence-electron chi connectivity index (χ0n) is 9.88. The van der Waals surface area contributed by atoms with Crippen LogP contribution in [0.4, 0.5) is 0 Å². The summed E-state index contributed by atoms with van der Waals surface area (Å²) in [7, 11) is 0. The molecular formula is C15H17NO. The van der Waals surface area contributed by atoms with Crippen LogP contribution in [0.3, 0.4) is 0 Å². The summed E-state index contributed by atoms with van der Waals surface area (Å²) in [5.41, 5.74) is 1.84. The maximum Gasteiger partial charge on any atom is 0.146 e. The number of hydrogen-bond donors (Lipinski definition) is 0. The normalized spacial score (nSPS) is 23.9. The molecule has 0 saturated heterocycles. The van der Waals surface area contributed by atoms with Crippen LogP contribution in [-0.4, -0.2) is 18.5 Å². The zero-order valence-corrected chi connectivity index (χ0v) is 9.88. The highest BCUT2D eigenvalue weighted by Gasteiger charge is 2.10. The fraction of sp³-hybridized carbons (Fsp3) is 0.200. The highest BCUT2D eigenvalue weighted by atomic mass is 16.1. The van der Waals surface area contributed by atoms with Crippen LogP contribution in [0.25, 0.3) is 0 Å². The predicted molar refractivity (Wildman–Crippen MR) is 73.3 cm³/mol. The van der Waals surface area contributed by atoms with E-state index in [1.165, 1.54) is 0 Å². The summed E-state index contributed by atoms with van der Waals surface area (Å²) in [5.74, 6) is 0. The zero-order chi connectivity index (χ0) is 12.5. The van der Waals surface area contributed by atoms with Gasteiger partial charge >= 0.3 is 0 Å². The molecule has 1 unspecified atom stereocenters. The third-order valence-corrected chi connectivity index (χ3v) is 2.44. The maximum absolute atomic E-state index is 10.9. The molecule has 1 heterocycles. The largest absolute Gasteiger partial charge is 0.298 e. The summed E-state index contributed by atoms with van der Waals surface area (Å²) in [6.45, 7) is 7.42. The molecule has 2 heteroatoms. The number of aldehydes is 1. The fourth-order valence-corrected chi connectivity index (χ4v) is 1.62. The molecule has 0 spiro atoms. The quantitative estimate of drug-likeness (QED) is 0.403. The number of hydrogen-bond acceptors (Lipinski definition) is 2. The van der Waals surface area contributed by atoms with Gasteiger partial charge in [-0.05, 0) is 36.1 Å². The molecule has 0 aromatic carbocycles. The summed E-state index contributed by atoms with van der Waals surface area (Å²) in [4.78, 5) is 15.3. The van der Waals surface area contributed by atoms with Gasteiger partial charge in [0.15, 0.2) is 0 Å². The Morgan fingerprint density at radius 3 is 3.00 bits per heavy atom. The lowest BCUT2D eigenvalue weighted by Crippen LogP contribution is -2.07. The first-order valence-corrected chi connectivity index (χ1v) is 5.58. The molecule has 0 aliphatic carbocycles. The molecule has 1 atom stereocenters. The Morgan fingerprint density at radius 1 is 1.53 bits per heavy atom. The summed E-state index contributed by atoms with van der Waals surface area (Å²) in [6, 6.07) is -0.101. The van der Waals surface area contributed by atoms with E-state index in [-0.39, 0.29) is 6.04 Å². The van der Waals surface area contributed by atoms with Crippen molar-refractivity contribution in [3.63, 3.8) is 0 Å². The lowest BCUT2D eigenvalue weighted by atomic mass is 9.99. The van der Waals surface area contributed by atoms with Gasteiger partial charge in [-0.2, -0.15) is 0 Å². The van der Waals surface area contributed by atoms with E-state index >= 15 is 0 Å². The van der Waals surface area contributed by atoms with E-state index in [9.17, 15) is 4.79 Å². The highest BCUT2D eigenvalue weighted by Crippen LogP contribution is 2.17. The van der Waals surface area contributed by atoms with Crippen molar-refractivity contribution in [2.24, 2.45) is 4.99 Å².